The second-order valence-electron chi connectivity index (χ2n) is 2.42. The largest absolute Gasteiger partial charge is 0.480 e. The summed E-state index contributed by atoms with van der Waals surface area (Å²) in [5, 5.41) is 10.6. The summed E-state index contributed by atoms with van der Waals surface area (Å²) < 4.78 is 0.392. The first-order valence-corrected chi connectivity index (χ1v) is 4.51. The van der Waals surface area contributed by atoms with Crippen molar-refractivity contribution in [3.8, 4) is 0 Å². The summed E-state index contributed by atoms with van der Waals surface area (Å²) in [6.07, 6.45) is 1.53. The van der Waals surface area contributed by atoms with Crippen LogP contribution in [0.5, 0.6) is 0 Å². The van der Waals surface area contributed by atoms with Crippen LogP contribution in [0.25, 0.3) is 0 Å². The Kier molecular flexibility index (Phi) is 3.58. The van der Waals surface area contributed by atoms with Gasteiger partial charge in [0.2, 0.25) is 0 Å². The molecule has 2 N–H and O–H groups in total. The molecule has 74 valence electrons. The number of amides is 1. The van der Waals surface area contributed by atoms with E-state index in [0.717, 1.165) is 0 Å². The van der Waals surface area contributed by atoms with Gasteiger partial charge in [0.05, 0.1) is 5.56 Å². The van der Waals surface area contributed by atoms with Crippen LogP contribution in [0.15, 0.2) is 22.9 Å². The Morgan fingerprint density at radius 1 is 1.57 bits per heavy atom. The molecule has 1 rings (SSSR count). The minimum atomic E-state index is -1.08. The normalized spacial score (nSPS) is 9.50. The third-order valence-corrected chi connectivity index (χ3v) is 2.04. The predicted molar refractivity (Wildman–Crippen MR) is 51.9 cm³/mol. The van der Waals surface area contributed by atoms with Crippen molar-refractivity contribution >= 4 is 27.8 Å². The Hall–Kier alpha value is -1.43. The van der Waals surface area contributed by atoms with E-state index in [9.17, 15) is 9.59 Å². The van der Waals surface area contributed by atoms with Crippen molar-refractivity contribution in [2.75, 3.05) is 6.54 Å². The second kappa shape index (κ2) is 4.71. The van der Waals surface area contributed by atoms with E-state index in [0.29, 0.717) is 10.2 Å². The highest BCUT2D eigenvalue weighted by molar-refractivity contribution is 9.10. The van der Waals surface area contributed by atoms with E-state index in [4.69, 9.17) is 5.11 Å². The maximum atomic E-state index is 11.3. The highest BCUT2D eigenvalue weighted by atomic mass is 79.9. The standard InChI is InChI=1S/C8H7BrN2O3/c9-7-5(2-1-3-10-7)8(14)11-4-6(12)13/h1-3H,4H2,(H,11,14)(H,12,13). The molecule has 1 heterocycles. The quantitative estimate of drug-likeness (QED) is 0.781. The third kappa shape index (κ3) is 2.81. The molecule has 1 aromatic rings. The lowest BCUT2D eigenvalue weighted by Crippen LogP contribution is -2.29. The number of carboxylic acid groups (broad SMARTS) is 1. The van der Waals surface area contributed by atoms with Crippen LogP contribution in [0.1, 0.15) is 10.4 Å². The molecule has 0 radical (unpaired) electrons. The van der Waals surface area contributed by atoms with E-state index in [1.54, 1.807) is 12.1 Å². The number of pyridine rings is 1. The highest BCUT2D eigenvalue weighted by Gasteiger charge is 2.10. The minimum Gasteiger partial charge on any atom is -0.480 e. The average Bonchev–Trinajstić information content (AvgIpc) is 2.15. The molecule has 0 aliphatic rings. The predicted octanol–water partition coefficient (Wildman–Crippen LogP) is 0.658. The zero-order valence-electron chi connectivity index (χ0n) is 7.03. The summed E-state index contributed by atoms with van der Waals surface area (Å²) in [5.41, 5.74) is 0.314. The number of aliphatic carboxylic acids is 1. The van der Waals surface area contributed by atoms with Gasteiger partial charge in [-0.25, -0.2) is 4.98 Å². The summed E-state index contributed by atoms with van der Waals surface area (Å²) in [4.78, 5) is 25.3. The molecular formula is C8H7BrN2O3. The summed E-state index contributed by atoms with van der Waals surface area (Å²) in [7, 11) is 0. The Morgan fingerprint density at radius 3 is 2.86 bits per heavy atom. The van der Waals surface area contributed by atoms with Gasteiger partial charge in [-0.05, 0) is 28.1 Å². The molecule has 0 spiro atoms. The number of carbonyl (C=O) groups excluding carboxylic acids is 1. The zero-order valence-corrected chi connectivity index (χ0v) is 8.61. The highest BCUT2D eigenvalue weighted by Crippen LogP contribution is 2.11. The summed E-state index contributed by atoms with van der Waals surface area (Å²) in [6.45, 7) is -0.403. The van der Waals surface area contributed by atoms with E-state index in [1.807, 2.05) is 0 Å². The van der Waals surface area contributed by atoms with Crippen molar-refractivity contribution < 1.29 is 14.7 Å². The van der Waals surface area contributed by atoms with Gasteiger partial charge < -0.3 is 10.4 Å². The fourth-order valence-corrected chi connectivity index (χ4v) is 1.24. The van der Waals surface area contributed by atoms with E-state index in [-0.39, 0.29) is 0 Å². The first-order valence-electron chi connectivity index (χ1n) is 3.72. The lowest BCUT2D eigenvalue weighted by Gasteiger charge is -2.02. The number of carboxylic acids is 1. The Morgan fingerprint density at radius 2 is 2.29 bits per heavy atom. The number of rotatable bonds is 3. The van der Waals surface area contributed by atoms with Crippen LogP contribution in [0.3, 0.4) is 0 Å². The second-order valence-corrected chi connectivity index (χ2v) is 3.17. The molecule has 0 saturated heterocycles. The maximum absolute atomic E-state index is 11.3. The van der Waals surface area contributed by atoms with Crippen LogP contribution in [0.2, 0.25) is 0 Å². The molecule has 0 unspecified atom stereocenters. The molecule has 0 aliphatic heterocycles. The first-order chi connectivity index (χ1) is 6.61. The summed E-state index contributed by atoms with van der Waals surface area (Å²) >= 11 is 3.08. The fraction of sp³-hybridized carbons (Fsp3) is 0.125. The molecule has 1 amide bonds. The molecule has 0 fully saturated rings. The van der Waals surface area contributed by atoms with Gasteiger partial charge >= 0.3 is 5.97 Å². The smallest absolute Gasteiger partial charge is 0.322 e. The number of carbonyl (C=O) groups is 2. The molecule has 0 aromatic carbocycles. The third-order valence-electron chi connectivity index (χ3n) is 1.40. The SMILES string of the molecule is O=C(O)CNC(=O)c1cccnc1Br. The molecule has 6 heteroatoms. The van der Waals surface area contributed by atoms with E-state index >= 15 is 0 Å². The molecule has 0 bridgehead atoms. The van der Waals surface area contributed by atoms with Gasteiger partial charge in [-0.1, -0.05) is 0 Å². The van der Waals surface area contributed by atoms with Crippen molar-refractivity contribution in [2.24, 2.45) is 0 Å². The van der Waals surface area contributed by atoms with Gasteiger partial charge in [-0.15, -0.1) is 0 Å². The van der Waals surface area contributed by atoms with Crippen molar-refractivity contribution in [1.82, 2.24) is 10.3 Å². The number of halogens is 1. The lowest BCUT2D eigenvalue weighted by atomic mass is 10.3. The molecule has 14 heavy (non-hydrogen) atoms. The monoisotopic (exact) mass is 258 g/mol. The number of nitrogens with zero attached hydrogens (tertiary/aromatic N) is 1. The topological polar surface area (TPSA) is 79.3 Å². The fourth-order valence-electron chi connectivity index (χ4n) is 0.807. The van der Waals surface area contributed by atoms with Crippen molar-refractivity contribution in [3.05, 3.63) is 28.5 Å². The van der Waals surface area contributed by atoms with Crippen LogP contribution in [0, 0.1) is 0 Å². The molecule has 0 atom stereocenters. The molecule has 0 aliphatic carbocycles. The van der Waals surface area contributed by atoms with E-state index in [2.05, 4.69) is 26.2 Å². The van der Waals surface area contributed by atoms with Gasteiger partial charge in [-0.3, -0.25) is 9.59 Å². The van der Waals surface area contributed by atoms with Crippen molar-refractivity contribution in [1.29, 1.82) is 0 Å². The molecular weight excluding hydrogens is 252 g/mol. The Bertz CT molecular complexity index is 367. The van der Waals surface area contributed by atoms with Crippen LogP contribution < -0.4 is 5.32 Å². The molecule has 5 nitrogen and oxygen atoms in total. The van der Waals surface area contributed by atoms with Gasteiger partial charge in [-0.2, -0.15) is 0 Å². The number of hydrogen-bond donors (Lipinski definition) is 2. The first kappa shape index (κ1) is 10.6. The zero-order chi connectivity index (χ0) is 10.6. The van der Waals surface area contributed by atoms with Crippen molar-refractivity contribution in [3.63, 3.8) is 0 Å². The lowest BCUT2D eigenvalue weighted by molar-refractivity contribution is -0.135. The minimum absolute atomic E-state index is 0.314. The van der Waals surface area contributed by atoms with E-state index < -0.39 is 18.4 Å². The Labute approximate surface area is 88.3 Å². The van der Waals surface area contributed by atoms with E-state index in [1.165, 1.54) is 6.20 Å². The summed E-state index contributed by atoms with van der Waals surface area (Å²) in [5.74, 6) is -1.55. The average molecular weight is 259 g/mol. The van der Waals surface area contributed by atoms with Gasteiger partial charge in [0, 0.05) is 6.20 Å². The van der Waals surface area contributed by atoms with Gasteiger partial charge in [0.25, 0.3) is 5.91 Å². The van der Waals surface area contributed by atoms with Crippen LogP contribution in [-0.4, -0.2) is 28.5 Å². The van der Waals surface area contributed by atoms with Crippen LogP contribution >= 0.6 is 15.9 Å². The van der Waals surface area contributed by atoms with Crippen LogP contribution in [-0.2, 0) is 4.79 Å². The molecule has 0 saturated carbocycles. The molecule has 1 aromatic heterocycles. The number of nitrogens with one attached hydrogen (secondary N) is 1. The maximum Gasteiger partial charge on any atom is 0.322 e. The van der Waals surface area contributed by atoms with Crippen LogP contribution in [0.4, 0.5) is 0 Å². The van der Waals surface area contributed by atoms with Gasteiger partial charge in [0.1, 0.15) is 11.1 Å². The Balaban J connectivity index is 2.70. The summed E-state index contributed by atoms with van der Waals surface area (Å²) in [6, 6.07) is 3.15. The van der Waals surface area contributed by atoms with Gasteiger partial charge in [0.15, 0.2) is 0 Å². The number of hydrogen-bond acceptors (Lipinski definition) is 3. The number of aromatic nitrogens is 1. The van der Waals surface area contributed by atoms with Crippen molar-refractivity contribution in [2.45, 2.75) is 0 Å².